The summed E-state index contributed by atoms with van der Waals surface area (Å²) in [5.41, 5.74) is 1.03. The molecule has 1 saturated heterocycles. The minimum atomic E-state index is -0.199. The predicted molar refractivity (Wildman–Crippen MR) is 123 cm³/mol. The standard InChI is InChI=1S/C20H25BrClN5O.ClH/c1-14(2)23-12-17(15-3-5-16(21)6-4-15)20(28)27-9-7-26(8-10-27)19-11-18(22)24-13-25-19;/h3-6,11,13-14,17,23H,7-10,12H2,1-2H3;1H. The molecule has 1 amide bonds. The van der Waals surface area contributed by atoms with E-state index in [1.165, 1.54) is 6.33 Å². The van der Waals surface area contributed by atoms with Crippen LogP contribution in [0.5, 0.6) is 0 Å². The fourth-order valence-electron chi connectivity index (χ4n) is 3.27. The Hall–Kier alpha value is -1.41. The van der Waals surface area contributed by atoms with Gasteiger partial charge in [0, 0.05) is 49.3 Å². The van der Waals surface area contributed by atoms with Crippen LogP contribution in [0.3, 0.4) is 0 Å². The van der Waals surface area contributed by atoms with E-state index in [1.807, 2.05) is 29.2 Å². The summed E-state index contributed by atoms with van der Waals surface area (Å²) in [5, 5.41) is 3.85. The summed E-state index contributed by atoms with van der Waals surface area (Å²) in [6.07, 6.45) is 1.47. The summed E-state index contributed by atoms with van der Waals surface area (Å²) in [4.78, 5) is 25.6. The molecule has 1 unspecified atom stereocenters. The number of hydrogen-bond acceptors (Lipinski definition) is 5. The van der Waals surface area contributed by atoms with Crippen molar-refractivity contribution in [2.45, 2.75) is 25.8 Å². The van der Waals surface area contributed by atoms with Gasteiger partial charge in [-0.1, -0.05) is 53.5 Å². The van der Waals surface area contributed by atoms with Gasteiger partial charge < -0.3 is 15.1 Å². The Morgan fingerprint density at radius 3 is 2.41 bits per heavy atom. The van der Waals surface area contributed by atoms with Crippen molar-refractivity contribution in [1.82, 2.24) is 20.2 Å². The van der Waals surface area contributed by atoms with Crippen molar-refractivity contribution in [3.63, 3.8) is 0 Å². The second-order valence-corrected chi connectivity index (χ2v) is 8.48. The molecule has 6 nitrogen and oxygen atoms in total. The van der Waals surface area contributed by atoms with Crippen molar-refractivity contribution in [2.24, 2.45) is 0 Å². The average Bonchev–Trinajstić information content (AvgIpc) is 2.69. The minimum Gasteiger partial charge on any atom is -0.353 e. The molecule has 2 aromatic rings. The van der Waals surface area contributed by atoms with Gasteiger partial charge in [-0.3, -0.25) is 4.79 Å². The van der Waals surface area contributed by atoms with E-state index in [2.05, 4.69) is 50.0 Å². The number of carbonyl (C=O) groups is 1. The van der Waals surface area contributed by atoms with Gasteiger partial charge in [-0.15, -0.1) is 12.4 Å². The number of hydrogen-bond donors (Lipinski definition) is 1. The molecule has 1 N–H and O–H groups in total. The molecule has 0 radical (unpaired) electrons. The van der Waals surface area contributed by atoms with E-state index < -0.39 is 0 Å². The largest absolute Gasteiger partial charge is 0.353 e. The molecule has 2 heterocycles. The number of carbonyl (C=O) groups excluding carboxylic acids is 1. The lowest BCUT2D eigenvalue weighted by Gasteiger charge is -2.37. The molecule has 9 heteroatoms. The third kappa shape index (κ3) is 6.54. The van der Waals surface area contributed by atoms with Crippen LogP contribution in [-0.2, 0) is 4.79 Å². The highest BCUT2D eigenvalue weighted by molar-refractivity contribution is 9.10. The number of nitrogens with one attached hydrogen (secondary N) is 1. The Kier molecular flexibility index (Phi) is 9.14. The first kappa shape index (κ1) is 23.9. The van der Waals surface area contributed by atoms with Crippen molar-refractivity contribution < 1.29 is 4.79 Å². The van der Waals surface area contributed by atoms with Gasteiger partial charge in [-0.25, -0.2) is 9.97 Å². The van der Waals surface area contributed by atoms with E-state index in [4.69, 9.17) is 11.6 Å². The smallest absolute Gasteiger partial charge is 0.231 e. The molecule has 0 saturated carbocycles. The van der Waals surface area contributed by atoms with Crippen LogP contribution in [0.2, 0.25) is 5.15 Å². The maximum absolute atomic E-state index is 13.3. The first-order valence-corrected chi connectivity index (χ1v) is 10.6. The van der Waals surface area contributed by atoms with Crippen LogP contribution in [-0.4, -0.2) is 59.5 Å². The van der Waals surface area contributed by atoms with E-state index in [1.54, 1.807) is 6.07 Å². The molecule has 29 heavy (non-hydrogen) atoms. The Morgan fingerprint density at radius 2 is 1.83 bits per heavy atom. The maximum Gasteiger partial charge on any atom is 0.231 e. The van der Waals surface area contributed by atoms with Crippen LogP contribution in [0.25, 0.3) is 0 Å². The number of aromatic nitrogens is 2. The summed E-state index contributed by atoms with van der Waals surface area (Å²) in [6.45, 7) is 7.58. The molecule has 1 aromatic heterocycles. The zero-order valence-electron chi connectivity index (χ0n) is 16.5. The molecule has 1 aliphatic rings. The summed E-state index contributed by atoms with van der Waals surface area (Å²) in [7, 11) is 0. The highest BCUT2D eigenvalue weighted by atomic mass is 79.9. The molecule has 1 fully saturated rings. The first-order chi connectivity index (χ1) is 13.4. The number of amides is 1. The summed E-state index contributed by atoms with van der Waals surface area (Å²) < 4.78 is 1.01. The van der Waals surface area contributed by atoms with Crippen molar-refractivity contribution in [2.75, 3.05) is 37.6 Å². The first-order valence-electron chi connectivity index (χ1n) is 9.44. The number of anilines is 1. The lowest BCUT2D eigenvalue weighted by Crippen LogP contribution is -2.51. The number of halogens is 3. The highest BCUT2D eigenvalue weighted by Crippen LogP contribution is 2.23. The van der Waals surface area contributed by atoms with E-state index in [0.29, 0.717) is 30.8 Å². The molecular weight excluding hydrogens is 477 g/mol. The Balaban J connectivity index is 0.00000300. The Bertz CT molecular complexity index is 798. The van der Waals surface area contributed by atoms with Gasteiger partial charge in [0.15, 0.2) is 0 Å². The predicted octanol–water partition coefficient (Wildman–Crippen LogP) is 3.74. The fourth-order valence-corrected chi connectivity index (χ4v) is 3.68. The fraction of sp³-hybridized carbons (Fsp3) is 0.450. The van der Waals surface area contributed by atoms with E-state index in [0.717, 1.165) is 28.9 Å². The lowest BCUT2D eigenvalue weighted by atomic mass is 9.96. The summed E-state index contributed by atoms with van der Waals surface area (Å²) in [5.74, 6) is 0.768. The number of nitrogens with zero attached hydrogens (tertiary/aromatic N) is 4. The van der Waals surface area contributed by atoms with Crippen LogP contribution < -0.4 is 10.2 Å². The minimum absolute atomic E-state index is 0. The van der Waals surface area contributed by atoms with Crippen molar-refractivity contribution in [3.05, 3.63) is 51.8 Å². The summed E-state index contributed by atoms with van der Waals surface area (Å²) >= 11 is 9.44. The highest BCUT2D eigenvalue weighted by Gasteiger charge is 2.29. The second-order valence-electron chi connectivity index (χ2n) is 7.18. The zero-order chi connectivity index (χ0) is 20.1. The third-order valence-electron chi connectivity index (χ3n) is 4.84. The van der Waals surface area contributed by atoms with Crippen LogP contribution >= 0.6 is 39.9 Å². The van der Waals surface area contributed by atoms with Crippen LogP contribution in [0, 0.1) is 0 Å². The molecular formula is C20H26BrCl2N5O. The Labute approximate surface area is 191 Å². The molecule has 0 bridgehead atoms. The lowest BCUT2D eigenvalue weighted by molar-refractivity contribution is -0.133. The summed E-state index contributed by atoms with van der Waals surface area (Å²) in [6, 6.07) is 10.1. The molecule has 0 spiro atoms. The van der Waals surface area contributed by atoms with Crippen LogP contribution in [0.15, 0.2) is 41.1 Å². The second kappa shape index (κ2) is 11.1. The molecule has 158 valence electrons. The molecule has 0 aliphatic carbocycles. The molecule has 3 rings (SSSR count). The quantitative estimate of drug-likeness (QED) is 0.609. The number of piperazine rings is 1. The van der Waals surface area contributed by atoms with Crippen molar-refractivity contribution in [3.8, 4) is 0 Å². The SMILES string of the molecule is CC(C)NCC(C(=O)N1CCN(c2cc(Cl)ncn2)CC1)c1ccc(Br)cc1.Cl. The number of rotatable bonds is 6. The van der Waals surface area contributed by atoms with Gasteiger partial charge in [-0.05, 0) is 17.7 Å². The molecule has 1 atom stereocenters. The zero-order valence-corrected chi connectivity index (χ0v) is 19.7. The van der Waals surface area contributed by atoms with Gasteiger partial charge in [0.05, 0.1) is 5.92 Å². The van der Waals surface area contributed by atoms with Gasteiger partial charge >= 0.3 is 0 Å². The molecule has 1 aromatic carbocycles. The van der Waals surface area contributed by atoms with Gasteiger partial charge in [0.1, 0.15) is 17.3 Å². The maximum atomic E-state index is 13.3. The monoisotopic (exact) mass is 501 g/mol. The Morgan fingerprint density at radius 1 is 1.17 bits per heavy atom. The number of benzene rings is 1. The third-order valence-corrected chi connectivity index (χ3v) is 5.57. The van der Waals surface area contributed by atoms with E-state index in [9.17, 15) is 4.79 Å². The van der Waals surface area contributed by atoms with Crippen LogP contribution in [0.1, 0.15) is 25.3 Å². The molecule has 1 aliphatic heterocycles. The van der Waals surface area contributed by atoms with Gasteiger partial charge in [0.25, 0.3) is 0 Å². The van der Waals surface area contributed by atoms with E-state index in [-0.39, 0.29) is 24.2 Å². The van der Waals surface area contributed by atoms with Gasteiger partial charge in [-0.2, -0.15) is 0 Å². The van der Waals surface area contributed by atoms with E-state index >= 15 is 0 Å². The topological polar surface area (TPSA) is 61.4 Å². The van der Waals surface area contributed by atoms with Crippen LogP contribution in [0.4, 0.5) is 5.82 Å². The van der Waals surface area contributed by atoms with Crippen molar-refractivity contribution >= 4 is 51.7 Å². The normalized spacial score (nSPS) is 15.2. The average molecular weight is 503 g/mol. The van der Waals surface area contributed by atoms with Gasteiger partial charge in [0.2, 0.25) is 5.91 Å². The van der Waals surface area contributed by atoms with Crippen molar-refractivity contribution in [1.29, 1.82) is 0 Å².